The van der Waals surface area contributed by atoms with Gasteiger partial charge in [0.2, 0.25) is 11.8 Å². The van der Waals surface area contributed by atoms with Crippen LogP contribution < -0.4 is 10.6 Å². The number of aromatic nitrogens is 2. The van der Waals surface area contributed by atoms with E-state index in [1.807, 2.05) is 66.7 Å². The van der Waals surface area contributed by atoms with E-state index >= 15 is 0 Å². The summed E-state index contributed by atoms with van der Waals surface area (Å²) in [6.45, 7) is 0.708. The molecule has 0 bridgehead atoms. The minimum Gasteiger partial charge on any atom is -0.436 e. The first-order valence-electron chi connectivity index (χ1n) is 8.65. The average Bonchev–Trinajstić information content (AvgIpc) is 3.13. The van der Waals surface area contributed by atoms with Gasteiger partial charge in [0.1, 0.15) is 5.52 Å². The number of rotatable bonds is 6. The van der Waals surface area contributed by atoms with Gasteiger partial charge in [-0.1, -0.05) is 30.3 Å². The van der Waals surface area contributed by atoms with Crippen molar-refractivity contribution < 1.29 is 9.21 Å². The first-order valence-corrected chi connectivity index (χ1v) is 8.65. The normalized spacial score (nSPS) is 10.8. The molecule has 0 aliphatic rings. The van der Waals surface area contributed by atoms with Crippen LogP contribution in [0.3, 0.4) is 0 Å². The second-order valence-corrected chi connectivity index (χ2v) is 6.01. The Labute approximate surface area is 156 Å². The third-order valence-electron chi connectivity index (χ3n) is 4.04. The van der Waals surface area contributed by atoms with Crippen LogP contribution in [-0.2, 0) is 11.3 Å². The summed E-state index contributed by atoms with van der Waals surface area (Å²) in [7, 11) is 0. The van der Waals surface area contributed by atoms with Crippen LogP contribution in [-0.4, -0.2) is 22.4 Å². The molecule has 2 aromatic heterocycles. The summed E-state index contributed by atoms with van der Waals surface area (Å²) in [5.41, 5.74) is 3.79. The number of oxazole rings is 1. The molecule has 0 aliphatic heterocycles. The molecule has 2 N–H and O–H groups in total. The quantitative estimate of drug-likeness (QED) is 0.550. The fourth-order valence-electron chi connectivity index (χ4n) is 2.77. The Balaban J connectivity index is 1.45. The van der Waals surface area contributed by atoms with Crippen molar-refractivity contribution in [2.75, 3.05) is 11.9 Å². The summed E-state index contributed by atoms with van der Waals surface area (Å²) in [5, 5.41) is 6.01. The molecule has 2 aromatic carbocycles. The van der Waals surface area contributed by atoms with E-state index in [0.717, 1.165) is 16.8 Å². The van der Waals surface area contributed by atoms with Crippen LogP contribution in [0.2, 0.25) is 0 Å². The minimum absolute atomic E-state index is 0.144. The molecule has 0 atom stereocenters. The molecular weight excluding hydrogens is 340 g/mol. The maximum Gasteiger partial charge on any atom is 0.238 e. The molecule has 4 aromatic rings. The van der Waals surface area contributed by atoms with E-state index in [2.05, 4.69) is 20.6 Å². The number of hydrogen-bond donors (Lipinski definition) is 2. The van der Waals surface area contributed by atoms with Crippen LogP contribution in [0.1, 0.15) is 5.69 Å². The van der Waals surface area contributed by atoms with Crippen LogP contribution in [0.5, 0.6) is 0 Å². The van der Waals surface area contributed by atoms with Gasteiger partial charge in [-0.3, -0.25) is 9.78 Å². The highest BCUT2D eigenvalue weighted by Crippen LogP contribution is 2.29. The zero-order valence-electron chi connectivity index (χ0n) is 14.6. The predicted molar refractivity (Wildman–Crippen MR) is 104 cm³/mol. The predicted octanol–water partition coefficient (Wildman–Crippen LogP) is 3.62. The number of anilines is 1. The first kappa shape index (κ1) is 16.9. The summed E-state index contributed by atoms with van der Waals surface area (Å²) < 4.78 is 5.83. The van der Waals surface area contributed by atoms with Crippen molar-refractivity contribution in [1.29, 1.82) is 0 Å². The molecular formula is C21H18N4O2. The molecule has 0 spiro atoms. The Morgan fingerprint density at radius 2 is 1.78 bits per heavy atom. The molecule has 2 heterocycles. The van der Waals surface area contributed by atoms with Crippen molar-refractivity contribution in [2.45, 2.75) is 6.54 Å². The third-order valence-corrected chi connectivity index (χ3v) is 4.04. The lowest BCUT2D eigenvalue weighted by atomic mass is 10.1. The van der Waals surface area contributed by atoms with E-state index in [0.29, 0.717) is 23.7 Å². The lowest BCUT2D eigenvalue weighted by Gasteiger charge is -2.09. The van der Waals surface area contributed by atoms with Crippen molar-refractivity contribution >= 4 is 22.7 Å². The van der Waals surface area contributed by atoms with Crippen LogP contribution in [0.15, 0.2) is 77.3 Å². The van der Waals surface area contributed by atoms with Crippen molar-refractivity contribution in [3.63, 3.8) is 0 Å². The van der Waals surface area contributed by atoms with E-state index in [-0.39, 0.29) is 12.5 Å². The highest BCUT2D eigenvalue weighted by molar-refractivity contribution is 5.96. The van der Waals surface area contributed by atoms with Crippen LogP contribution in [0.25, 0.3) is 22.6 Å². The highest BCUT2D eigenvalue weighted by atomic mass is 16.3. The largest absolute Gasteiger partial charge is 0.436 e. The number of para-hydroxylation sites is 3. The monoisotopic (exact) mass is 358 g/mol. The van der Waals surface area contributed by atoms with Gasteiger partial charge < -0.3 is 15.1 Å². The van der Waals surface area contributed by atoms with Crippen molar-refractivity contribution in [3.05, 3.63) is 78.6 Å². The average molecular weight is 358 g/mol. The minimum atomic E-state index is -0.144. The van der Waals surface area contributed by atoms with Crippen LogP contribution >= 0.6 is 0 Å². The van der Waals surface area contributed by atoms with Crippen LogP contribution in [0, 0.1) is 0 Å². The Kier molecular flexibility index (Phi) is 4.89. The van der Waals surface area contributed by atoms with Crippen molar-refractivity contribution in [1.82, 2.24) is 15.3 Å². The van der Waals surface area contributed by atoms with E-state index in [9.17, 15) is 4.79 Å². The van der Waals surface area contributed by atoms with E-state index < -0.39 is 0 Å². The molecule has 4 rings (SSSR count). The van der Waals surface area contributed by atoms with Gasteiger partial charge in [0.25, 0.3) is 0 Å². The topological polar surface area (TPSA) is 80.0 Å². The molecule has 134 valence electrons. The Bertz CT molecular complexity index is 1030. The fourth-order valence-corrected chi connectivity index (χ4v) is 2.77. The summed E-state index contributed by atoms with van der Waals surface area (Å²) in [6, 6.07) is 20.7. The number of hydrogen-bond acceptors (Lipinski definition) is 5. The number of benzene rings is 2. The van der Waals surface area contributed by atoms with Crippen molar-refractivity contribution in [3.8, 4) is 11.5 Å². The number of carbonyl (C=O) groups excluding carboxylic acids is 1. The van der Waals surface area contributed by atoms with Gasteiger partial charge in [-0.2, -0.15) is 0 Å². The molecule has 0 unspecified atom stereocenters. The Hall–Kier alpha value is -3.51. The summed E-state index contributed by atoms with van der Waals surface area (Å²) >= 11 is 0. The van der Waals surface area contributed by atoms with E-state index in [1.54, 1.807) is 6.20 Å². The second-order valence-electron chi connectivity index (χ2n) is 6.01. The molecule has 0 fully saturated rings. The molecule has 0 saturated heterocycles. The maximum atomic E-state index is 12.3. The molecule has 6 heteroatoms. The molecule has 1 amide bonds. The summed E-state index contributed by atoms with van der Waals surface area (Å²) in [5.74, 6) is 0.336. The van der Waals surface area contributed by atoms with Gasteiger partial charge in [0.05, 0.1) is 23.5 Å². The lowest BCUT2D eigenvalue weighted by Crippen LogP contribution is -2.28. The first-order chi connectivity index (χ1) is 13.3. The molecule has 0 saturated carbocycles. The maximum absolute atomic E-state index is 12.3. The summed E-state index contributed by atoms with van der Waals surface area (Å²) in [4.78, 5) is 21.0. The number of carbonyl (C=O) groups is 1. The zero-order valence-corrected chi connectivity index (χ0v) is 14.6. The molecule has 6 nitrogen and oxygen atoms in total. The van der Waals surface area contributed by atoms with Gasteiger partial charge in [0.15, 0.2) is 5.58 Å². The highest BCUT2D eigenvalue weighted by Gasteiger charge is 2.13. The van der Waals surface area contributed by atoms with Crippen molar-refractivity contribution in [2.24, 2.45) is 0 Å². The standard InChI is InChI=1S/C21H18N4O2/c26-20(14-22-13-15-7-5-6-12-23-15)24-17-9-2-1-8-16(17)21-25-18-10-3-4-11-19(18)27-21/h1-12,22H,13-14H2,(H,24,26). The molecule has 0 radical (unpaired) electrons. The van der Waals surface area contributed by atoms with E-state index in [4.69, 9.17) is 4.42 Å². The summed E-state index contributed by atoms with van der Waals surface area (Å²) in [6.07, 6.45) is 1.73. The van der Waals surface area contributed by atoms with Gasteiger partial charge in [-0.05, 0) is 36.4 Å². The smallest absolute Gasteiger partial charge is 0.238 e. The third kappa shape index (κ3) is 4.02. The fraction of sp³-hybridized carbons (Fsp3) is 0.0952. The number of nitrogens with zero attached hydrogens (tertiary/aromatic N) is 2. The second kappa shape index (κ2) is 7.80. The Morgan fingerprint density at radius 1 is 0.963 bits per heavy atom. The molecule has 0 aliphatic carbocycles. The van der Waals surface area contributed by atoms with Gasteiger partial charge in [-0.25, -0.2) is 4.98 Å². The van der Waals surface area contributed by atoms with Gasteiger partial charge in [0, 0.05) is 12.7 Å². The van der Waals surface area contributed by atoms with Gasteiger partial charge >= 0.3 is 0 Å². The SMILES string of the molecule is O=C(CNCc1ccccn1)Nc1ccccc1-c1nc2ccccc2o1. The number of amides is 1. The number of fused-ring (bicyclic) bond motifs is 1. The lowest BCUT2D eigenvalue weighted by molar-refractivity contribution is -0.115. The molecule has 27 heavy (non-hydrogen) atoms. The van der Waals surface area contributed by atoms with Gasteiger partial charge in [-0.15, -0.1) is 0 Å². The number of pyridine rings is 1. The van der Waals surface area contributed by atoms with E-state index in [1.165, 1.54) is 0 Å². The Morgan fingerprint density at radius 3 is 2.63 bits per heavy atom. The van der Waals surface area contributed by atoms with Crippen LogP contribution in [0.4, 0.5) is 5.69 Å². The number of nitrogens with one attached hydrogen (secondary N) is 2. The zero-order chi connectivity index (χ0) is 18.5.